The molecule has 2 aromatic rings. The number of rotatable bonds is 3. The quantitative estimate of drug-likeness (QED) is 0.922. The maximum Gasteiger partial charge on any atom is 0.282 e. The predicted octanol–water partition coefficient (Wildman–Crippen LogP) is 3.45. The van der Waals surface area contributed by atoms with Crippen LogP contribution < -0.4 is 10.9 Å². The van der Waals surface area contributed by atoms with Crippen molar-refractivity contribution in [3.05, 3.63) is 56.4 Å². The summed E-state index contributed by atoms with van der Waals surface area (Å²) in [5.74, 6) is 0. The summed E-state index contributed by atoms with van der Waals surface area (Å²) in [4.78, 5) is 11.8. The Morgan fingerprint density at radius 2 is 1.86 bits per heavy atom. The second-order valence-corrected chi connectivity index (χ2v) is 6.89. The SMILES string of the molecule is Cn1ncc(NCc2ccc(C(C)(C)C)cc2)c(Br)c1=O. The number of aromatic nitrogens is 2. The van der Waals surface area contributed by atoms with Crippen molar-refractivity contribution in [3.8, 4) is 0 Å². The van der Waals surface area contributed by atoms with Crippen molar-refractivity contribution in [1.29, 1.82) is 0 Å². The van der Waals surface area contributed by atoms with Gasteiger partial charge in [0.15, 0.2) is 0 Å². The van der Waals surface area contributed by atoms with Crippen LogP contribution >= 0.6 is 15.9 Å². The van der Waals surface area contributed by atoms with Gasteiger partial charge in [-0.1, -0.05) is 45.0 Å². The summed E-state index contributed by atoms with van der Waals surface area (Å²) in [7, 11) is 1.63. The Bertz CT molecular complexity index is 684. The average Bonchev–Trinajstić information content (AvgIpc) is 2.43. The van der Waals surface area contributed by atoms with Gasteiger partial charge in [-0.25, -0.2) is 4.68 Å². The molecule has 0 amide bonds. The van der Waals surface area contributed by atoms with Crippen LogP contribution in [0.4, 0.5) is 5.69 Å². The van der Waals surface area contributed by atoms with E-state index in [0.29, 0.717) is 16.7 Å². The monoisotopic (exact) mass is 349 g/mol. The van der Waals surface area contributed by atoms with E-state index < -0.39 is 0 Å². The number of benzene rings is 1. The second-order valence-electron chi connectivity index (χ2n) is 6.10. The maximum atomic E-state index is 11.8. The van der Waals surface area contributed by atoms with Crippen LogP contribution in [0.15, 0.2) is 39.7 Å². The first kappa shape index (κ1) is 15.8. The average molecular weight is 350 g/mol. The predicted molar refractivity (Wildman–Crippen MR) is 89.6 cm³/mol. The third kappa shape index (κ3) is 3.73. The summed E-state index contributed by atoms with van der Waals surface area (Å²) < 4.78 is 1.80. The van der Waals surface area contributed by atoms with Gasteiger partial charge in [0, 0.05) is 13.6 Å². The number of anilines is 1. The van der Waals surface area contributed by atoms with Crippen LogP contribution in [-0.2, 0) is 19.0 Å². The van der Waals surface area contributed by atoms with E-state index in [1.165, 1.54) is 10.2 Å². The minimum absolute atomic E-state index is 0.150. The molecule has 1 aromatic heterocycles. The molecule has 1 heterocycles. The van der Waals surface area contributed by atoms with E-state index in [0.717, 1.165) is 5.56 Å². The lowest BCUT2D eigenvalue weighted by molar-refractivity contribution is 0.590. The zero-order valence-electron chi connectivity index (χ0n) is 12.8. The van der Waals surface area contributed by atoms with Gasteiger partial charge in [-0.3, -0.25) is 4.79 Å². The summed E-state index contributed by atoms with van der Waals surface area (Å²) in [6.07, 6.45) is 1.65. The number of hydrogen-bond acceptors (Lipinski definition) is 3. The van der Waals surface area contributed by atoms with Gasteiger partial charge >= 0.3 is 0 Å². The number of nitrogens with one attached hydrogen (secondary N) is 1. The Morgan fingerprint density at radius 1 is 1.24 bits per heavy atom. The minimum atomic E-state index is -0.150. The van der Waals surface area contributed by atoms with E-state index in [4.69, 9.17) is 0 Å². The molecule has 0 atom stereocenters. The zero-order chi connectivity index (χ0) is 15.6. The van der Waals surface area contributed by atoms with Crippen LogP contribution in [0.5, 0.6) is 0 Å². The molecule has 0 aliphatic heterocycles. The molecule has 2 rings (SSSR count). The highest BCUT2D eigenvalue weighted by Gasteiger charge is 2.13. The van der Waals surface area contributed by atoms with Gasteiger partial charge in [0.2, 0.25) is 0 Å². The summed E-state index contributed by atoms with van der Waals surface area (Å²) in [5, 5.41) is 7.24. The Kier molecular flexibility index (Phi) is 4.52. The van der Waals surface area contributed by atoms with Gasteiger partial charge in [0.25, 0.3) is 5.56 Å². The van der Waals surface area contributed by atoms with E-state index >= 15 is 0 Å². The van der Waals surface area contributed by atoms with Crippen LogP contribution in [0.2, 0.25) is 0 Å². The lowest BCUT2D eigenvalue weighted by Crippen LogP contribution is -2.21. The maximum absolute atomic E-state index is 11.8. The first-order valence-electron chi connectivity index (χ1n) is 6.84. The largest absolute Gasteiger partial charge is 0.379 e. The molecule has 0 unspecified atom stereocenters. The van der Waals surface area contributed by atoms with Gasteiger partial charge in [0.1, 0.15) is 4.47 Å². The second kappa shape index (κ2) is 6.02. The molecule has 0 bridgehead atoms. The Balaban J connectivity index is 2.10. The van der Waals surface area contributed by atoms with Gasteiger partial charge in [-0.05, 0) is 32.5 Å². The van der Waals surface area contributed by atoms with Gasteiger partial charge in [0.05, 0.1) is 11.9 Å². The van der Waals surface area contributed by atoms with Crippen LogP contribution in [0, 0.1) is 0 Å². The molecule has 0 aliphatic carbocycles. The first-order valence-corrected chi connectivity index (χ1v) is 7.63. The molecular weight excluding hydrogens is 330 g/mol. The van der Waals surface area contributed by atoms with Crippen molar-refractivity contribution >= 4 is 21.6 Å². The smallest absolute Gasteiger partial charge is 0.282 e. The lowest BCUT2D eigenvalue weighted by atomic mass is 9.87. The molecule has 0 spiro atoms. The number of nitrogens with zero attached hydrogens (tertiary/aromatic N) is 2. The van der Waals surface area contributed by atoms with Crippen LogP contribution in [0.1, 0.15) is 31.9 Å². The highest BCUT2D eigenvalue weighted by Crippen LogP contribution is 2.23. The fourth-order valence-corrected chi connectivity index (χ4v) is 2.45. The Labute approximate surface area is 133 Å². The lowest BCUT2D eigenvalue weighted by Gasteiger charge is -2.19. The van der Waals surface area contributed by atoms with Crippen molar-refractivity contribution < 1.29 is 0 Å². The Hall–Kier alpha value is -1.62. The van der Waals surface area contributed by atoms with Crippen LogP contribution in [-0.4, -0.2) is 9.78 Å². The van der Waals surface area contributed by atoms with Gasteiger partial charge in [-0.2, -0.15) is 5.10 Å². The number of hydrogen-bond donors (Lipinski definition) is 1. The first-order chi connectivity index (χ1) is 9.79. The molecule has 1 aromatic carbocycles. The molecule has 0 aliphatic rings. The van der Waals surface area contributed by atoms with E-state index in [9.17, 15) is 4.79 Å². The van der Waals surface area contributed by atoms with Gasteiger partial charge < -0.3 is 5.32 Å². The van der Waals surface area contributed by atoms with Gasteiger partial charge in [-0.15, -0.1) is 0 Å². The fraction of sp³-hybridized carbons (Fsp3) is 0.375. The van der Waals surface area contributed by atoms with Crippen molar-refractivity contribution in [1.82, 2.24) is 9.78 Å². The summed E-state index contributed by atoms with van der Waals surface area (Å²) in [6.45, 7) is 7.24. The highest BCUT2D eigenvalue weighted by atomic mass is 79.9. The fourth-order valence-electron chi connectivity index (χ4n) is 1.95. The molecule has 112 valence electrons. The topological polar surface area (TPSA) is 46.9 Å². The minimum Gasteiger partial charge on any atom is -0.379 e. The molecule has 5 heteroatoms. The molecule has 4 nitrogen and oxygen atoms in total. The molecule has 21 heavy (non-hydrogen) atoms. The summed E-state index contributed by atoms with van der Waals surface area (Å²) in [6, 6.07) is 8.51. The van der Waals surface area contributed by atoms with E-state index in [2.05, 4.69) is 71.4 Å². The van der Waals surface area contributed by atoms with E-state index in [1.807, 2.05) is 0 Å². The summed E-state index contributed by atoms with van der Waals surface area (Å²) in [5.41, 5.74) is 3.18. The molecule has 0 saturated heterocycles. The third-order valence-corrected chi connectivity index (χ3v) is 4.15. The molecule has 0 fully saturated rings. The van der Waals surface area contributed by atoms with Crippen molar-refractivity contribution in [2.24, 2.45) is 7.05 Å². The molecule has 1 N–H and O–H groups in total. The zero-order valence-corrected chi connectivity index (χ0v) is 14.4. The number of aryl methyl sites for hydroxylation is 1. The highest BCUT2D eigenvalue weighted by molar-refractivity contribution is 9.10. The van der Waals surface area contributed by atoms with Crippen molar-refractivity contribution in [3.63, 3.8) is 0 Å². The van der Waals surface area contributed by atoms with Crippen molar-refractivity contribution in [2.45, 2.75) is 32.7 Å². The Morgan fingerprint density at radius 3 is 2.43 bits per heavy atom. The number of halogens is 1. The molecular formula is C16H20BrN3O. The third-order valence-electron chi connectivity index (χ3n) is 3.38. The van der Waals surface area contributed by atoms with E-state index in [-0.39, 0.29) is 11.0 Å². The standard InChI is InChI=1S/C16H20BrN3O/c1-16(2,3)12-7-5-11(6-8-12)9-18-13-10-19-20(4)15(21)14(13)17/h5-8,10,18H,9H2,1-4H3. The van der Waals surface area contributed by atoms with Crippen molar-refractivity contribution in [2.75, 3.05) is 5.32 Å². The molecule has 0 saturated carbocycles. The van der Waals surface area contributed by atoms with E-state index in [1.54, 1.807) is 13.2 Å². The normalized spacial score (nSPS) is 11.5. The van der Waals surface area contributed by atoms with Crippen LogP contribution in [0.3, 0.4) is 0 Å². The molecule has 0 radical (unpaired) electrons. The summed E-state index contributed by atoms with van der Waals surface area (Å²) >= 11 is 3.31. The van der Waals surface area contributed by atoms with Crippen LogP contribution in [0.25, 0.3) is 0 Å².